The molecule has 0 spiro atoms. The second-order valence-electron chi connectivity index (χ2n) is 6.87. The first-order chi connectivity index (χ1) is 13.4. The number of carbonyl (C=O) groups excluding carboxylic acids is 1. The van der Waals surface area contributed by atoms with Crippen LogP contribution < -0.4 is 15.4 Å². The molecule has 1 rings (SSSR count). The summed E-state index contributed by atoms with van der Waals surface area (Å²) in [5.41, 5.74) is 0.566. The predicted molar refractivity (Wildman–Crippen MR) is 119 cm³/mol. The molecular formula is C20H34N2O4S2. The fourth-order valence-electron chi connectivity index (χ4n) is 2.24. The maximum atomic E-state index is 12.3. The third kappa shape index (κ3) is 10.6. The Morgan fingerprint density at radius 2 is 2.04 bits per heavy atom. The molecule has 0 aliphatic rings. The van der Waals surface area contributed by atoms with E-state index in [2.05, 4.69) is 43.1 Å². The molecule has 0 bridgehead atoms. The van der Waals surface area contributed by atoms with Gasteiger partial charge in [0.05, 0.1) is 13.2 Å². The van der Waals surface area contributed by atoms with Gasteiger partial charge in [-0.3, -0.25) is 4.79 Å². The van der Waals surface area contributed by atoms with E-state index in [4.69, 9.17) is 14.2 Å². The Labute approximate surface area is 178 Å². The van der Waals surface area contributed by atoms with Gasteiger partial charge in [-0.1, -0.05) is 37.6 Å². The van der Waals surface area contributed by atoms with Gasteiger partial charge in [0.15, 0.2) is 4.93 Å². The molecule has 2 N–H and O–H groups in total. The van der Waals surface area contributed by atoms with Crippen LogP contribution in [0, 0.1) is 0 Å². The molecule has 0 aromatic heterocycles. The minimum absolute atomic E-state index is 0.119. The number of thiol groups is 1. The van der Waals surface area contributed by atoms with Gasteiger partial charge in [-0.15, -0.1) is 11.7 Å². The Morgan fingerprint density at radius 3 is 2.71 bits per heavy atom. The van der Waals surface area contributed by atoms with Crippen molar-refractivity contribution < 1.29 is 19.0 Å². The fourth-order valence-corrected chi connectivity index (χ4v) is 2.80. The largest absolute Gasteiger partial charge is 0.490 e. The Morgan fingerprint density at radius 1 is 1.25 bits per heavy atom. The molecule has 160 valence electrons. The SMILES string of the molecule is CCCOCCOC(C)(COc1cccc(C(=O)NCCNC(C)C)c1)SS. The molecule has 6 nitrogen and oxygen atoms in total. The fraction of sp³-hybridized carbons (Fsp3) is 0.650. The maximum Gasteiger partial charge on any atom is 0.251 e. The summed E-state index contributed by atoms with van der Waals surface area (Å²) in [5.74, 6) is 0.499. The first kappa shape index (κ1) is 25.1. The lowest BCUT2D eigenvalue weighted by Crippen LogP contribution is -2.34. The van der Waals surface area contributed by atoms with Crippen LogP contribution >= 0.6 is 22.5 Å². The van der Waals surface area contributed by atoms with Crippen LogP contribution in [0.5, 0.6) is 5.75 Å². The van der Waals surface area contributed by atoms with Crippen LogP contribution in [0.4, 0.5) is 0 Å². The Hall–Kier alpha value is -0.930. The lowest BCUT2D eigenvalue weighted by atomic mass is 10.2. The molecule has 0 saturated heterocycles. The molecule has 8 heteroatoms. The first-order valence-corrected chi connectivity index (χ1v) is 11.6. The third-order valence-corrected chi connectivity index (χ3v) is 5.52. The summed E-state index contributed by atoms with van der Waals surface area (Å²) < 4.78 is 17.2. The minimum Gasteiger partial charge on any atom is -0.490 e. The topological polar surface area (TPSA) is 68.8 Å². The van der Waals surface area contributed by atoms with E-state index in [1.165, 1.54) is 10.8 Å². The monoisotopic (exact) mass is 430 g/mol. The molecule has 1 unspecified atom stereocenters. The van der Waals surface area contributed by atoms with E-state index in [9.17, 15) is 4.79 Å². The van der Waals surface area contributed by atoms with Gasteiger partial charge in [0.2, 0.25) is 0 Å². The van der Waals surface area contributed by atoms with Gasteiger partial charge < -0.3 is 24.8 Å². The summed E-state index contributed by atoms with van der Waals surface area (Å²) in [6.07, 6.45) is 0.986. The summed E-state index contributed by atoms with van der Waals surface area (Å²) >= 11 is 4.31. The highest BCUT2D eigenvalue weighted by Crippen LogP contribution is 2.30. The van der Waals surface area contributed by atoms with Crippen molar-refractivity contribution in [3.63, 3.8) is 0 Å². The molecule has 1 atom stereocenters. The molecule has 0 saturated carbocycles. The van der Waals surface area contributed by atoms with E-state index < -0.39 is 4.93 Å². The van der Waals surface area contributed by atoms with Crippen LogP contribution in [0.1, 0.15) is 44.5 Å². The molecule has 1 amide bonds. The molecule has 1 aromatic rings. The highest BCUT2D eigenvalue weighted by Gasteiger charge is 2.26. The molecule has 0 aliphatic heterocycles. The van der Waals surface area contributed by atoms with E-state index in [0.29, 0.717) is 43.7 Å². The highest BCUT2D eigenvalue weighted by atomic mass is 33.1. The quantitative estimate of drug-likeness (QED) is 0.171. The van der Waals surface area contributed by atoms with E-state index in [0.717, 1.165) is 19.6 Å². The highest BCUT2D eigenvalue weighted by molar-refractivity contribution is 8.69. The Balaban J connectivity index is 2.48. The van der Waals surface area contributed by atoms with Gasteiger partial charge >= 0.3 is 0 Å². The van der Waals surface area contributed by atoms with Gasteiger partial charge in [0, 0.05) is 31.3 Å². The van der Waals surface area contributed by atoms with E-state index in [-0.39, 0.29) is 5.91 Å². The maximum absolute atomic E-state index is 12.3. The van der Waals surface area contributed by atoms with Crippen molar-refractivity contribution in [1.29, 1.82) is 0 Å². The number of ether oxygens (including phenoxy) is 3. The van der Waals surface area contributed by atoms with Gasteiger partial charge in [0.1, 0.15) is 12.4 Å². The van der Waals surface area contributed by atoms with Gasteiger partial charge in [-0.05, 0) is 31.5 Å². The molecule has 1 aromatic carbocycles. The van der Waals surface area contributed by atoms with E-state index in [1.807, 2.05) is 13.0 Å². The number of rotatable bonds is 15. The molecule has 0 aliphatic carbocycles. The lowest BCUT2D eigenvalue weighted by molar-refractivity contribution is -0.0240. The molecular weight excluding hydrogens is 396 g/mol. The zero-order valence-electron chi connectivity index (χ0n) is 17.3. The van der Waals surface area contributed by atoms with Crippen molar-refractivity contribution in [2.24, 2.45) is 0 Å². The van der Waals surface area contributed by atoms with Crippen molar-refractivity contribution >= 4 is 28.4 Å². The molecule has 0 heterocycles. The second-order valence-corrected chi connectivity index (χ2v) is 8.46. The van der Waals surface area contributed by atoms with Crippen molar-refractivity contribution in [2.45, 2.75) is 45.1 Å². The number of nitrogens with one attached hydrogen (secondary N) is 2. The minimum atomic E-state index is -0.612. The van der Waals surface area contributed by atoms with Crippen LogP contribution in [-0.2, 0) is 9.47 Å². The number of carbonyl (C=O) groups is 1. The summed E-state index contributed by atoms with van der Waals surface area (Å²) in [6.45, 7) is 11.5. The molecule has 0 fully saturated rings. The summed E-state index contributed by atoms with van der Waals surface area (Å²) in [5, 5.41) is 6.16. The lowest BCUT2D eigenvalue weighted by Gasteiger charge is -2.27. The standard InChI is InChI=1S/C20H34N2O4S2/c1-5-11-24-12-13-26-20(4,28-27)15-25-18-8-6-7-17(14-18)19(23)22-10-9-21-16(2)3/h6-8,14,16,21,27H,5,9-13,15H2,1-4H3,(H,22,23). The van der Waals surface area contributed by atoms with Crippen LogP contribution in [-0.4, -0.2) is 56.4 Å². The number of hydrogen-bond acceptors (Lipinski definition) is 7. The van der Waals surface area contributed by atoms with Gasteiger partial charge in [-0.2, -0.15) is 0 Å². The third-order valence-electron chi connectivity index (χ3n) is 3.74. The van der Waals surface area contributed by atoms with Gasteiger partial charge in [-0.25, -0.2) is 0 Å². The van der Waals surface area contributed by atoms with E-state index in [1.54, 1.807) is 18.2 Å². The second kappa shape index (κ2) is 14.1. The van der Waals surface area contributed by atoms with Crippen molar-refractivity contribution in [2.75, 3.05) is 39.5 Å². The van der Waals surface area contributed by atoms with Crippen molar-refractivity contribution in [1.82, 2.24) is 10.6 Å². The average Bonchev–Trinajstić information content (AvgIpc) is 2.69. The smallest absolute Gasteiger partial charge is 0.251 e. The van der Waals surface area contributed by atoms with Crippen LogP contribution in [0.2, 0.25) is 0 Å². The van der Waals surface area contributed by atoms with Crippen LogP contribution in [0.25, 0.3) is 0 Å². The Bertz CT molecular complexity index is 575. The van der Waals surface area contributed by atoms with Gasteiger partial charge in [0.25, 0.3) is 5.91 Å². The first-order valence-electron chi connectivity index (χ1n) is 9.69. The normalized spacial score (nSPS) is 13.4. The van der Waals surface area contributed by atoms with Crippen LogP contribution in [0.15, 0.2) is 24.3 Å². The zero-order chi connectivity index (χ0) is 20.8. The summed E-state index contributed by atoms with van der Waals surface area (Å²) in [6, 6.07) is 7.53. The number of hydrogen-bond donors (Lipinski definition) is 3. The van der Waals surface area contributed by atoms with Crippen molar-refractivity contribution in [3.05, 3.63) is 29.8 Å². The number of amides is 1. The zero-order valence-corrected chi connectivity index (χ0v) is 19.0. The summed E-state index contributed by atoms with van der Waals surface area (Å²) in [7, 11) is 1.29. The van der Waals surface area contributed by atoms with Crippen LogP contribution in [0.3, 0.4) is 0 Å². The number of benzene rings is 1. The average molecular weight is 431 g/mol. The van der Waals surface area contributed by atoms with Crippen molar-refractivity contribution in [3.8, 4) is 5.75 Å². The molecule has 0 radical (unpaired) electrons. The van der Waals surface area contributed by atoms with E-state index >= 15 is 0 Å². The summed E-state index contributed by atoms with van der Waals surface area (Å²) in [4.78, 5) is 11.7. The Kier molecular flexibility index (Phi) is 12.7. The molecule has 28 heavy (non-hydrogen) atoms. The predicted octanol–water partition coefficient (Wildman–Crippen LogP) is 3.53.